The van der Waals surface area contributed by atoms with Gasteiger partial charge in [-0.2, -0.15) is 0 Å². The molecular formula is C34H41N5O7S. The molecule has 2 amide bonds. The van der Waals surface area contributed by atoms with Gasteiger partial charge in [0, 0.05) is 38.2 Å². The molecule has 0 aliphatic rings. The highest BCUT2D eigenvalue weighted by Gasteiger charge is 2.25. The van der Waals surface area contributed by atoms with Gasteiger partial charge in [-0.25, -0.2) is 13.4 Å². The Morgan fingerprint density at radius 2 is 1.64 bits per heavy atom. The van der Waals surface area contributed by atoms with Gasteiger partial charge in [-0.3, -0.25) is 13.9 Å². The summed E-state index contributed by atoms with van der Waals surface area (Å²) in [6.07, 6.45) is 0.352. The third kappa shape index (κ3) is 9.88. The molecule has 0 bridgehead atoms. The number of aliphatic hydroxyl groups excluding tert-OH is 1. The Bertz CT molecular complexity index is 1790. The molecule has 1 heterocycles. The largest absolute Gasteiger partial charge is 0.497 e. The SMILES string of the molecule is COc1cccc(CNC[C@@H](O)[C@H](Cc2ccccc2)NC(=O)c2cc(C(=O)NCc3nc(C)oc3C)cc(N(C)S(C)(=O)=O)c2)c1. The van der Waals surface area contributed by atoms with Crippen LogP contribution in [0.15, 0.2) is 77.2 Å². The zero-order chi connectivity index (χ0) is 34.1. The number of methoxy groups -OCH3 is 1. The zero-order valence-corrected chi connectivity index (χ0v) is 27.9. The predicted octanol–water partition coefficient (Wildman–Crippen LogP) is 3.12. The van der Waals surface area contributed by atoms with Crippen LogP contribution in [0, 0.1) is 13.8 Å². The molecule has 1 aromatic heterocycles. The van der Waals surface area contributed by atoms with Gasteiger partial charge in [0.15, 0.2) is 5.89 Å². The minimum absolute atomic E-state index is 0.0474. The molecule has 0 spiro atoms. The van der Waals surface area contributed by atoms with Crippen LogP contribution in [-0.4, -0.2) is 69.4 Å². The molecule has 0 radical (unpaired) electrons. The van der Waals surface area contributed by atoms with E-state index >= 15 is 0 Å². The van der Waals surface area contributed by atoms with Gasteiger partial charge in [-0.05, 0) is 54.8 Å². The Balaban J connectivity index is 1.56. The van der Waals surface area contributed by atoms with Gasteiger partial charge in [0.05, 0.1) is 37.7 Å². The summed E-state index contributed by atoms with van der Waals surface area (Å²) >= 11 is 0. The molecule has 0 fully saturated rings. The molecule has 4 aromatic rings. The van der Waals surface area contributed by atoms with Crippen LogP contribution in [-0.2, 0) is 29.5 Å². The maximum absolute atomic E-state index is 13.8. The van der Waals surface area contributed by atoms with Gasteiger partial charge < -0.3 is 30.2 Å². The zero-order valence-electron chi connectivity index (χ0n) is 27.1. The van der Waals surface area contributed by atoms with Crippen molar-refractivity contribution in [2.45, 2.75) is 45.5 Å². The van der Waals surface area contributed by atoms with Crippen molar-refractivity contribution >= 4 is 27.5 Å². The van der Waals surface area contributed by atoms with Crippen LogP contribution in [0.25, 0.3) is 0 Å². The van der Waals surface area contributed by atoms with Crippen LogP contribution in [0.5, 0.6) is 5.75 Å². The van der Waals surface area contributed by atoms with Crippen molar-refractivity contribution in [1.82, 2.24) is 20.9 Å². The molecular weight excluding hydrogens is 622 g/mol. The van der Waals surface area contributed by atoms with E-state index in [4.69, 9.17) is 9.15 Å². The number of rotatable bonds is 15. The monoisotopic (exact) mass is 663 g/mol. The summed E-state index contributed by atoms with van der Waals surface area (Å²) in [5, 5.41) is 20.2. The topological polar surface area (TPSA) is 163 Å². The lowest BCUT2D eigenvalue weighted by atomic mass is 10.00. The number of aryl methyl sites for hydroxylation is 2. The molecule has 2 atom stereocenters. The summed E-state index contributed by atoms with van der Waals surface area (Å²) < 4.78 is 36.5. The number of aromatic nitrogens is 1. The third-order valence-corrected chi connectivity index (χ3v) is 8.82. The van der Waals surface area contributed by atoms with E-state index in [1.54, 1.807) is 21.0 Å². The highest BCUT2D eigenvalue weighted by Crippen LogP contribution is 2.22. The fourth-order valence-corrected chi connectivity index (χ4v) is 5.43. The number of carbonyl (C=O) groups excluding carboxylic acids is 2. The van der Waals surface area contributed by atoms with Crippen molar-refractivity contribution in [3.05, 3.63) is 112 Å². The summed E-state index contributed by atoms with van der Waals surface area (Å²) in [6, 6.07) is 20.4. The maximum Gasteiger partial charge on any atom is 0.251 e. The molecule has 3 aromatic carbocycles. The van der Waals surface area contributed by atoms with Crippen LogP contribution in [0.4, 0.5) is 5.69 Å². The van der Waals surface area contributed by atoms with Crippen molar-refractivity contribution in [1.29, 1.82) is 0 Å². The Kier molecular flexibility index (Phi) is 11.8. The fourth-order valence-electron chi connectivity index (χ4n) is 4.94. The Morgan fingerprint density at radius 3 is 2.28 bits per heavy atom. The number of oxazole rings is 1. The number of hydrogen-bond donors (Lipinski definition) is 4. The number of carbonyl (C=O) groups is 2. The Morgan fingerprint density at radius 1 is 0.957 bits per heavy atom. The van der Waals surface area contributed by atoms with Gasteiger partial charge in [0.2, 0.25) is 10.0 Å². The van der Waals surface area contributed by atoms with Gasteiger partial charge in [-0.1, -0.05) is 42.5 Å². The summed E-state index contributed by atoms with van der Waals surface area (Å²) in [7, 11) is -0.789. The number of hydrogen-bond acceptors (Lipinski definition) is 9. The van der Waals surface area contributed by atoms with Crippen LogP contribution >= 0.6 is 0 Å². The standard InChI is InChI=1S/C34H41N5O7S/c1-22-31(37-23(2)46-22)20-36-33(41)26-16-27(18-28(17-26)39(3)47(5,43)44)34(42)38-30(15-24-10-7-6-8-11-24)32(40)21-35-19-25-12-9-13-29(14-25)45-4/h6-14,16-18,30,32,35,40H,15,19-21H2,1-5H3,(H,36,41)(H,38,42)/t30-,32+/m0/s1. The quantitative estimate of drug-likeness (QED) is 0.150. The summed E-state index contributed by atoms with van der Waals surface area (Å²) in [4.78, 5) is 31.3. The van der Waals surface area contributed by atoms with E-state index in [0.29, 0.717) is 30.3 Å². The van der Waals surface area contributed by atoms with Crippen molar-refractivity contribution in [2.24, 2.45) is 0 Å². The van der Waals surface area contributed by atoms with E-state index in [1.165, 1.54) is 25.2 Å². The van der Waals surface area contributed by atoms with Gasteiger partial charge >= 0.3 is 0 Å². The molecule has 12 nitrogen and oxygen atoms in total. The molecule has 0 unspecified atom stereocenters. The number of anilines is 1. The molecule has 0 aliphatic heterocycles. The number of ether oxygens (including phenoxy) is 1. The first-order chi connectivity index (χ1) is 22.3. The van der Waals surface area contributed by atoms with Crippen LogP contribution in [0.2, 0.25) is 0 Å². The maximum atomic E-state index is 13.8. The predicted molar refractivity (Wildman–Crippen MR) is 179 cm³/mol. The Labute approximate surface area is 275 Å². The number of aliphatic hydroxyl groups is 1. The van der Waals surface area contributed by atoms with Crippen LogP contribution in [0.1, 0.15) is 49.2 Å². The molecule has 0 aliphatic carbocycles. The van der Waals surface area contributed by atoms with Crippen molar-refractivity contribution < 1.29 is 32.3 Å². The first kappa shape index (κ1) is 35.1. The second kappa shape index (κ2) is 15.7. The molecule has 13 heteroatoms. The van der Waals surface area contributed by atoms with Crippen molar-refractivity contribution in [3.63, 3.8) is 0 Å². The summed E-state index contributed by atoms with van der Waals surface area (Å²) in [5.74, 6) is 0.628. The average molecular weight is 664 g/mol. The second-order valence-electron chi connectivity index (χ2n) is 11.2. The van der Waals surface area contributed by atoms with E-state index in [2.05, 4.69) is 20.9 Å². The molecule has 0 saturated heterocycles. The highest BCUT2D eigenvalue weighted by atomic mass is 32.2. The fraction of sp³-hybridized carbons (Fsp3) is 0.324. The van der Waals surface area contributed by atoms with Gasteiger partial charge in [0.1, 0.15) is 17.2 Å². The lowest BCUT2D eigenvalue weighted by Gasteiger charge is -2.25. The number of benzene rings is 3. The lowest BCUT2D eigenvalue weighted by Crippen LogP contribution is -2.48. The number of nitrogens with one attached hydrogen (secondary N) is 3. The highest BCUT2D eigenvalue weighted by molar-refractivity contribution is 7.92. The van der Waals surface area contributed by atoms with Gasteiger partial charge in [-0.15, -0.1) is 0 Å². The number of amides is 2. The lowest BCUT2D eigenvalue weighted by molar-refractivity contribution is 0.0830. The smallest absolute Gasteiger partial charge is 0.251 e. The van der Waals surface area contributed by atoms with E-state index < -0.39 is 34.0 Å². The minimum atomic E-state index is -3.72. The second-order valence-corrected chi connectivity index (χ2v) is 13.3. The van der Waals surface area contributed by atoms with E-state index in [0.717, 1.165) is 27.4 Å². The van der Waals surface area contributed by atoms with Crippen molar-refractivity contribution in [3.8, 4) is 5.75 Å². The van der Waals surface area contributed by atoms with Gasteiger partial charge in [0.25, 0.3) is 11.8 Å². The summed E-state index contributed by atoms with van der Waals surface area (Å²) in [6.45, 7) is 4.14. The molecule has 4 rings (SSSR count). The minimum Gasteiger partial charge on any atom is -0.497 e. The molecule has 4 N–H and O–H groups in total. The first-order valence-electron chi connectivity index (χ1n) is 15.0. The van der Waals surface area contributed by atoms with Crippen molar-refractivity contribution in [2.75, 3.05) is 31.3 Å². The van der Waals surface area contributed by atoms with Crippen LogP contribution < -0.4 is 25.0 Å². The molecule has 47 heavy (non-hydrogen) atoms. The third-order valence-electron chi connectivity index (χ3n) is 7.62. The molecule has 0 saturated carbocycles. The summed E-state index contributed by atoms with van der Waals surface area (Å²) in [5.41, 5.74) is 2.66. The Hall–Kier alpha value is -4.72. The van der Waals surface area contributed by atoms with E-state index in [1.807, 2.05) is 54.6 Å². The van der Waals surface area contributed by atoms with E-state index in [-0.39, 0.29) is 29.9 Å². The average Bonchev–Trinajstić information content (AvgIpc) is 3.38. The van der Waals surface area contributed by atoms with Crippen LogP contribution in [0.3, 0.4) is 0 Å². The molecule has 250 valence electrons. The van der Waals surface area contributed by atoms with E-state index in [9.17, 15) is 23.1 Å². The number of nitrogens with zero attached hydrogens (tertiary/aromatic N) is 2. The normalized spacial score (nSPS) is 12.6. The number of sulfonamides is 1. The first-order valence-corrected chi connectivity index (χ1v) is 16.9.